The molecule has 2 heterocycles. The van der Waals surface area contributed by atoms with Gasteiger partial charge in [0.1, 0.15) is 0 Å². The quantitative estimate of drug-likeness (QED) is 0.785. The molecule has 1 aromatic heterocycles. The lowest BCUT2D eigenvalue weighted by molar-refractivity contribution is 0.102. The van der Waals surface area contributed by atoms with Crippen LogP contribution in [-0.2, 0) is 6.54 Å². The molecule has 0 unspecified atom stereocenters. The third-order valence-electron chi connectivity index (χ3n) is 2.47. The number of likely N-dealkylation sites (N-methyl/N-ethyl adjacent to an activating group) is 1. The molecule has 0 saturated carbocycles. The van der Waals surface area contributed by atoms with Crippen LogP contribution in [0.5, 0.6) is 0 Å². The minimum atomic E-state index is 0.854. The molecule has 1 aromatic rings. The third kappa shape index (κ3) is 2.75. The Morgan fingerprint density at radius 1 is 1.43 bits per heavy atom. The molecule has 2 rings (SSSR count). The monoisotopic (exact) mass is 212 g/mol. The van der Waals surface area contributed by atoms with Gasteiger partial charge in [0.05, 0.1) is 17.7 Å². The van der Waals surface area contributed by atoms with Crippen LogP contribution in [0.2, 0.25) is 0 Å². The first-order valence-corrected chi connectivity index (χ1v) is 5.83. The van der Waals surface area contributed by atoms with Gasteiger partial charge in [-0.25, -0.2) is 15.4 Å². The lowest BCUT2D eigenvalue weighted by Crippen LogP contribution is -2.50. The summed E-state index contributed by atoms with van der Waals surface area (Å²) < 4.78 is 0. The van der Waals surface area contributed by atoms with E-state index in [0.29, 0.717) is 0 Å². The van der Waals surface area contributed by atoms with Crippen molar-refractivity contribution < 1.29 is 0 Å². The van der Waals surface area contributed by atoms with Gasteiger partial charge in [-0.15, -0.1) is 11.3 Å². The Labute approximate surface area is 88.5 Å². The maximum Gasteiger partial charge on any atom is 0.0795 e. The minimum absolute atomic E-state index is 0.854. The summed E-state index contributed by atoms with van der Waals surface area (Å²) in [6, 6.07) is 0. The Balaban J connectivity index is 1.71. The molecule has 0 bridgehead atoms. The number of rotatable bonds is 3. The summed E-state index contributed by atoms with van der Waals surface area (Å²) in [5.41, 5.74) is 6.40. The number of thiazole rings is 1. The molecule has 0 amide bonds. The fraction of sp³-hybridized carbons (Fsp3) is 0.667. The lowest BCUT2D eigenvalue weighted by atomic mass is 10.4. The highest BCUT2D eigenvalue weighted by molar-refractivity contribution is 7.07. The van der Waals surface area contributed by atoms with Crippen molar-refractivity contribution in [2.75, 3.05) is 33.2 Å². The number of nitrogens with one attached hydrogen (secondary N) is 1. The standard InChI is InChI=1S/C9H16N4S/c1-12-2-4-13(5-3-12)11-6-9-7-14-8-10-9/h7-8,11H,2-6H2,1H3. The minimum Gasteiger partial charge on any atom is -0.304 e. The molecule has 0 atom stereocenters. The van der Waals surface area contributed by atoms with E-state index in [2.05, 4.69) is 32.7 Å². The van der Waals surface area contributed by atoms with E-state index in [4.69, 9.17) is 0 Å². The van der Waals surface area contributed by atoms with Crippen molar-refractivity contribution in [2.45, 2.75) is 6.54 Å². The predicted molar refractivity (Wildman–Crippen MR) is 58.0 cm³/mol. The number of aromatic nitrogens is 1. The van der Waals surface area contributed by atoms with Crippen molar-refractivity contribution in [1.82, 2.24) is 20.3 Å². The average Bonchev–Trinajstić information content (AvgIpc) is 2.70. The fourth-order valence-corrected chi connectivity index (χ4v) is 2.04. The summed E-state index contributed by atoms with van der Waals surface area (Å²) in [4.78, 5) is 6.58. The number of hydrogen-bond donors (Lipinski definition) is 1. The molecule has 5 heteroatoms. The van der Waals surface area contributed by atoms with E-state index in [1.807, 2.05) is 5.51 Å². The molecule has 0 aromatic carbocycles. The van der Waals surface area contributed by atoms with E-state index in [1.165, 1.54) is 0 Å². The molecule has 1 aliphatic heterocycles. The molecule has 0 aliphatic carbocycles. The number of hydrogen-bond acceptors (Lipinski definition) is 5. The second kappa shape index (κ2) is 4.84. The molecule has 1 fully saturated rings. The van der Waals surface area contributed by atoms with E-state index in [-0.39, 0.29) is 0 Å². The fourth-order valence-electron chi connectivity index (χ4n) is 1.48. The van der Waals surface area contributed by atoms with Crippen molar-refractivity contribution >= 4 is 11.3 Å². The van der Waals surface area contributed by atoms with Gasteiger partial charge in [-0.2, -0.15) is 0 Å². The molecule has 4 nitrogen and oxygen atoms in total. The Hall–Kier alpha value is -0.490. The van der Waals surface area contributed by atoms with Crippen molar-refractivity contribution in [2.24, 2.45) is 0 Å². The van der Waals surface area contributed by atoms with Crippen LogP contribution in [-0.4, -0.2) is 48.1 Å². The van der Waals surface area contributed by atoms with Crippen molar-refractivity contribution in [3.63, 3.8) is 0 Å². The largest absolute Gasteiger partial charge is 0.304 e. The van der Waals surface area contributed by atoms with Gasteiger partial charge >= 0.3 is 0 Å². The van der Waals surface area contributed by atoms with Crippen LogP contribution in [0.4, 0.5) is 0 Å². The lowest BCUT2D eigenvalue weighted by Gasteiger charge is -2.32. The van der Waals surface area contributed by atoms with E-state index in [0.717, 1.165) is 38.4 Å². The summed E-state index contributed by atoms with van der Waals surface area (Å²) >= 11 is 1.65. The zero-order valence-electron chi connectivity index (χ0n) is 8.44. The highest BCUT2D eigenvalue weighted by Gasteiger charge is 2.12. The van der Waals surface area contributed by atoms with Gasteiger partial charge in [-0.3, -0.25) is 0 Å². The Kier molecular flexibility index (Phi) is 3.47. The highest BCUT2D eigenvalue weighted by Crippen LogP contribution is 2.01. The van der Waals surface area contributed by atoms with E-state index >= 15 is 0 Å². The summed E-state index contributed by atoms with van der Waals surface area (Å²) in [6.07, 6.45) is 0. The van der Waals surface area contributed by atoms with Crippen LogP contribution in [0.25, 0.3) is 0 Å². The van der Waals surface area contributed by atoms with Gasteiger partial charge in [-0.05, 0) is 7.05 Å². The van der Waals surface area contributed by atoms with E-state index < -0.39 is 0 Å². The van der Waals surface area contributed by atoms with Gasteiger partial charge in [0.2, 0.25) is 0 Å². The van der Waals surface area contributed by atoms with E-state index in [1.54, 1.807) is 11.3 Å². The third-order valence-corrected chi connectivity index (χ3v) is 3.11. The highest BCUT2D eigenvalue weighted by atomic mass is 32.1. The first-order chi connectivity index (χ1) is 6.84. The SMILES string of the molecule is CN1CCN(NCc2cscn2)CC1. The number of hydrazine groups is 1. The van der Waals surface area contributed by atoms with Crippen LogP contribution >= 0.6 is 11.3 Å². The van der Waals surface area contributed by atoms with E-state index in [9.17, 15) is 0 Å². The van der Waals surface area contributed by atoms with Crippen LogP contribution < -0.4 is 5.43 Å². The van der Waals surface area contributed by atoms with Crippen LogP contribution in [0.15, 0.2) is 10.9 Å². The van der Waals surface area contributed by atoms with Crippen molar-refractivity contribution in [3.05, 3.63) is 16.6 Å². The second-order valence-corrected chi connectivity index (χ2v) is 4.32. The van der Waals surface area contributed by atoms with Gasteiger partial charge in [-0.1, -0.05) is 0 Å². The normalized spacial score (nSPS) is 20.1. The van der Waals surface area contributed by atoms with Crippen LogP contribution in [0.1, 0.15) is 5.69 Å². The zero-order chi connectivity index (χ0) is 9.80. The molecule has 0 radical (unpaired) electrons. The average molecular weight is 212 g/mol. The Morgan fingerprint density at radius 2 is 2.21 bits per heavy atom. The molecule has 0 spiro atoms. The van der Waals surface area contributed by atoms with Gasteiger partial charge in [0.15, 0.2) is 0 Å². The van der Waals surface area contributed by atoms with Gasteiger partial charge in [0, 0.05) is 31.6 Å². The summed E-state index contributed by atoms with van der Waals surface area (Å²) in [5.74, 6) is 0. The second-order valence-electron chi connectivity index (χ2n) is 3.60. The molecule has 14 heavy (non-hydrogen) atoms. The van der Waals surface area contributed by atoms with Gasteiger partial charge in [0.25, 0.3) is 0 Å². The molecule has 1 N–H and O–H groups in total. The van der Waals surface area contributed by atoms with Crippen LogP contribution in [0, 0.1) is 0 Å². The Morgan fingerprint density at radius 3 is 2.86 bits per heavy atom. The maximum absolute atomic E-state index is 4.23. The van der Waals surface area contributed by atoms with Crippen molar-refractivity contribution in [3.8, 4) is 0 Å². The predicted octanol–water partition coefficient (Wildman–Crippen LogP) is 0.395. The number of piperazine rings is 1. The molecular formula is C9H16N4S. The van der Waals surface area contributed by atoms with Crippen LogP contribution in [0.3, 0.4) is 0 Å². The molecule has 1 saturated heterocycles. The maximum atomic E-state index is 4.23. The molecule has 78 valence electrons. The topological polar surface area (TPSA) is 31.4 Å². The zero-order valence-corrected chi connectivity index (χ0v) is 9.26. The smallest absolute Gasteiger partial charge is 0.0795 e. The first-order valence-electron chi connectivity index (χ1n) is 4.88. The molecular weight excluding hydrogens is 196 g/mol. The number of nitrogens with zero attached hydrogens (tertiary/aromatic N) is 3. The Bertz CT molecular complexity index is 254. The first kappa shape index (κ1) is 10.0. The summed E-state index contributed by atoms with van der Waals surface area (Å²) in [5, 5.41) is 4.36. The van der Waals surface area contributed by atoms with Crippen molar-refractivity contribution in [1.29, 1.82) is 0 Å². The molecule has 1 aliphatic rings. The van der Waals surface area contributed by atoms with Gasteiger partial charge < -0.3 is 4.90 Å². The summed E-state index contributed by atoms with van der Waals surface area (Å²) in [7, 11) is 2.16. The summed E-state index contributed by atoms with van der Waals surface area (Å²) in [6.45, 7) is 5.34.